The molecule has 8 heteroatoms. The van der Waals surface area contributed by atoms with E-state index < -0.39 is 0 Å². The van der Waals surface area contributed by atoms with E-state index in [1.54, 1.807) is 18.0 Å². The number of aromatic nitrogens is 3. The maximum atomic E-state index is 12.4. The number of hydrogen-bond acceptors (Lipinski definition) is 5. The van der Waals surface area contributed by atoms with Crippen molar-refractivity contribution < 1.29 is 4.79 Å². The van der Waals surface area contributed by atoms with Gasteiger partial charge in [0.2, 0.25) is 0 Å². The Hall–Kier alpha value is -1.57. The van der Waals surface area contributed by atoms with Crippen LogP contribution in [0.3, 0.4) is 0 Å². The second-order valence-corrected chi connectivity index (χ2v) is 9.16. The van der Waals surface area contributed by atoms with Gasteiger partial charge in [-0.3, -0.25) is 4.79 Å². The van der Waals surface area contributed by atoms with Crippen LogP contribution in [0.1, 0.15) is 50.1 Å². The smallest absolute Gasteiger partial charge is 0.277 e. The van der Waals surface area contributed by atoms with E-state index in [4.69, 9.17) is 0 Å². The molecule has 1 aliphatic heterocycles. The van der Waals surface area contributed by atoms with Crippen LogP contribution in [-0.2, 0) is 0 Å². The third-order valence-corrected chi connectivity index (χ3v) is 5.08. The highest BCUT2D eigenvalue weighted by molar-refractivity contribution is 8.00. The Kier molecular flexibility index (Phi) is 7.08. The van der Waals surface area contributed by atoms with E-state index in [2.05, 4.69) is 41.7 Å². The fourth-order valence-corrected chi connectivity index (χ4v) is 3.76. The first-order valence-corrected chi connectivity index (χ1v) is 9.45. The molecule has 0 radical (unpaired) electrons. The van der Waals surface area contributed by atoms with Crippen LogP contribution in [0.4, 0.5) is 5.69 Å². The summed E-state index contributed by atoms with van der Waals surface area (Å²) in [5.74, 6) is -0.226. The summed E-state index contributed by atoms with van der Waals surface area (Å²) in [5.41, 5.74) is 1.12. The molecular formula is C18H26ClN5OS. The van der Waals surface area contributed by atoms with Gasteiger partial charge in [-0.25, -0.2) is 4.68 Å². The third kappa shape index (κ3) is 5.72. The lowest BCUT2D eigenvalue weighted by Crippen LogP contribution is -2.29. The van der Waals surface area contributed by atoms with E-state index >= 15 is 0 Å². The number of halogens is 1. The first-order valence-electron chi connectivity index (χ1n) is 8.64. The minimum absolute atomic E-state index is 0. The number of carbonyl (C=O) groups excluding carboxylic acids is 1. The van der Waals surface area contributed by atoms with Crippen molar-refractivity contribution in [2.45, 2.75) is 49.3 Å². The van der Waals surface area contributed by atoms with Crippen molar-refractivity contribution in [3.63, 3.8) is 0 Å². The lowest BCUT2D eigenvalue weighted by Gasteiger charge is -2.22. The standard InChI is InChI=1S/C18H25N5OS.ClH/c1-18(2,3)25-15-6-4-13(5-7-15)20-17(24)16-12-23(22-21-16)14-8-10-19-11-9-14;/h4-7,12,14,19H,8-11H2,1-3H3,(H,20,24);1H. The first-order chi connectivity index (χ1) is 11.9. The number of anilines is 1. The van der Waals surface area contributed by atoms with Gasteiger partial charge in [0.15, 0.2) is 5.69 Å². The van der Waals surface area contributed by atoms with Crippen LogP contribution < -0.4 is 10.6 Å². The summed E-state index contributed by atoms with van der Waals surface area (Å²) < 4.78 is 1.98. The van der Waals surface area contributed by atoms with Crippen LogP contribution in [0.2, 0.25) is 0 Å². The molecule has 1 saturated heterocycles. The molecule has 2 heterocycles. The van der Waals surface area contributed by atoms with Gasteiger partial charge in [-0.05, 0) is 50.2 Å². The third-order valence-electron chi connectivity index (χ3n) is 3.96. The largest absolute Gasteiger partial charge is 0.321 e. The van der Waals surface area contributed by atoms with Crippen molar-refractivity contribution in [1.29, 1.82) is 0 Å². The Morgan fingerprint density at radius 2 is 1.88 bits per heavy atom. The number of hydrogen-bond donors (Lipinski definition) is 2. The molecule has 0 bridgehead atoms. The van der Waals surface area contributed by atoms with Gasteiger partial charge >= 0.3 is 0 Å². The number of piperidine rings is 1. The fourth-order valence-electron chi connectivity index (χ4n) is 2.79. The summed E-state index contributed by atoms with van der Waals surface area (Å²) >= 11 is 1.80. The summed E-state index contributed by atoms with van der Waals surface area (Å²) in [7, 11) is 0. The Morgan fingerprint density at radius 1 is 1.23 bits per heavy atom. The van der Waals surface area contributed by atoms with Gasteiger partial charge in [0.25, 0.3) is 5.91 Å². The topological polar surface area (TPSA) is 71.8 Å². The van der Waals surface area contributed by atoms with E-state index in [9.17, 15) is 4.79 Å². The Bertz CT molecular complexity index is 720. The van der Waals surface area contributed by atoms with Gasteiger partial charge in [-0.15, -0.1) is 29.3 Å². The number of rotatable bonds is 4. The van der Waals surface area contributed by atoms with Crippen molar-refractivity contribution in [3.05, 3.63) is 36.2 Å². The van der Waals surface area contributed by atoms with Crippen molar-refractivity contribution in [3.8, 4) is 0 Å². The van der Waals surface area contributed by atoms with E-state index in [0.717, 1.165) is 31.6 Å². The molecule has 0 saturated carbocycles. The predicted octanol–water partition coefficient (Wildman–Crippen LogP) is 3.77. The average molecular weight is 396 g/mol. The van der Waals surface area contributed by atoms with Gasteiger partial charge in [-0.1, -0.05) is 26.0 Å². The molecular weight excluding hydrogens is 370 g/mol. The molecule has 2 aromatic rings. The van der Waals surface area contributed by atoms with Crippen LogP contribution in [0.5, 0.6) is 0 Å². The normalized spacial score (nSPS) is 15.3. The van der Waals surface area contributed by atoms with Crippen LogP contribution in [0.25, 0.3) is 0 Å². The number of carbonyl (C=O) groups is 1. The molecule has 0 spiro atoms. The van der Waals surface area contributed by atoms with Gasteiger partial charge in [0, 0.05) is 15.3 Å². The van der Waals surface area contributed by atoms with Crippen LogP contribution in [-0.4, -0.2) is 38.7 Å². The van der Waals surface area contributed by atoms with Crippen LogP contribution in [0.15, 0.2) is 35.4 Å². The average Bonchev–Trinajstić information content (AvgIpc) is 3.06. The number of thioether (sulfide) groups is 1. The Labute approximate surface area is 164 Å². The fraction of sp³-hybridized carbons (Fsp3) is 0.500. The van der Waals surface area contributed by atoms with Crippen molar-refractivity contribution in [1.82, 2.24) is 20.3 Å². The molecule has 1 aromatic carbocycles. The number of nitrogens with zero attached hydrogens (tertiary/aromatic N) is 3. The monoisotopic (exact) mass is 395 g/mol. The highest BCUT2D eigenvalue weighted by Crippen LogP contribution is 2.32. The highest BCUT2D eigenvalue weighted by atomic mass is 35.5. The molecule has 2 N–H and O–H groups in total. The zero-order chi connectivity index (χ0) is 17.9. The lowest BCUT2D eigenvalue weighted by atomic mass is 10.1. The first kappa shape index (κ1) is 20.7. The molecule has 1 amide bonds. The van der Waals surface area contributed by atoms with Gasteiger partial charge in [-0.2, -0.15) is 0 Å². The van der Waals surface area contributed by atoms with Crippen molar-refractivity contribution in [2.75, 3.05) is 18.4 Å². The maximum absolute atomic E-state index is 12.4. The van der Waals surface area contributed by atoms with E-state index in [1.807, 2.05) is 28.9 Å². The van der Waals surface area contributed by atoms with Crippen molar-refractivity contribution in [2.24, 2.45) is 0 Å². The number of amides is 1. The van der Waals surface area contributed by atoms with Crippen molar-refractivity contribution >= 4 is 35.8 Å². The lowest BCUT2D eigenvalue weighted by molar-refractivity contribution is 0.102. The molecule has 0 atom stereocenters. The molecule has 1 aromatic heterocycles. The van der Waals surface area contributed by atoms with E-state index in [1.165, 1.54) is 4.90 Å². The summed E-state index contributed by atoms with van der Waals surface area (Å²) in [6, 6.07) is 8.21. The van der Waals surface area contributed by atoms with Gasteiger partial charge in [0.05, 0.1) is 12.2 Å². The minimum Gasteiger partial charge on any atom is -0.321 e. The Morgan fingerprint density at radius 3 is 2.50 bits per heavy atom. The van der Waals surface area contributed by atoms with Crippen LogP contribution in [0, 0.1) is 0 Å². The van der Waals surface area contributed by atoms with Gasteiger partial charge in [0.1, 0.15) is 0 Å². The number of benzene rings is 1. The number of nitrogens with one attached hydrogen (secondary N) is 2. The second-order valence-electron chi connectivity index (χ2n) is 7.26. The zero-order valence-electron chi connectivity index (χ0n) is 15.4. The van der Waals surface area contributed by atoms with Crippen LogP contribution >= 0.6 is 24.2 Å². The van der Waals surface area contributed by atoms with E-state index in [-0.39, 0.29) is 23.1 Å². The molecule has 6 nitrogen and oxygen atoms in total. The summed E-state index contributed by atoms with van der Waals surface area (Å²) in [6.07, 6.45) is 3.77. The molecule has 142 valence electrons. The predicted molar refractivity (Wildman–Crippen MR) is 108 cm³/mol. The summed E-state index contributed by atoms with van der Waals surface area (Å²) in [5, 5.41) is 14.4. The SMILES string of the molecule is CC(C)(C)Sc1ccc(NC(=O)c2cn(C3CCNCC3)nn2)cc1.Cl. The molecule has 3 rings (SSSR count). The quantitative estimate of drug-likeness (QED) is 0.771. The minimum atomic E-state index is -0.226. The summed E-state index contributed by atoms with van der Waals surface area (Å²) in [4.78, 5) is 13.6. The molecule has 1 fully saturated rings. The molecule has 0 unspecified atom stereocenters. The van der Waals surface area contributed by atoms with E-state index in [0.29, 0.717) is 11.7 Å². The second kappa shape index (κ2) is 8.88. The zero-order valence-corrected chi connectivity index (χ0v) is 17.0. The Balaban J connectivity index is 0.00000243. The summed E-state index contributed by atoms with van der Waals surface area (Å²) in [6.45, 7) is 8.49. The van der Waals surface area contributed by atoms with Gasteiger partial charge < -0.3 is 10.6 Å². The molecule has 1 aliphatic rings. The maximum Gasteiger partial charge on any atom is 0.277 e. The molecule has 0 aliphatic carbocycles. The molecule has 26 heavy (non-hydrogen) atoms. The highest BCUT2D eigenvalue weighted by Gasteiger charge is 2.19.